The number of aromatic nitrogens is 1. The number of carbonyl (C=O) groups is 1. The van der Waals surface area contributed by atoms with Gasteiger partial charge in [-0.05, 0) is 62.2 Å². The Balaban J connectivity index is 1.09. The Morgan fingerprint density at radius 1 is 1.15 bits per heavy atom. The average molecular weight is 547 g/mol. The van der Waals surface area contributed by atoms with Gasteiger partial charge < -0.3 is 19.6 Å². The molecular formula is C31H35FN4O4. The Morgan fingerprint density at radius 3 is 2.67 bits per heavy atom. The second-order valence-electron chi connectivity index (χ2n) is 10.5. The summed E-state index contributed by atoms with van der Waals surface area (Å²) in [6.45, 7) is 9.28. The molecule has 2 N–H and O–H groups in total. The summed E-state index contributed by atoms with van der Waals surface area (Å²) in [5.41, 5.74) is 4.72. The summed E-state index contributed by atoms with van der Waals surface area (Å²) in [4.78, 5) is 21.5. The van der Waals surface area contributed by atoms with Gasteiger partial charge in [0.25, 0.3) is 0 Å². The number of nitrogens with zero attached hydrogens (tertiary/aromatic N) is 3. The van der Waals surface area contributed by atoms with Crippen LogP contribution in [0.1, 0.15) is 18.1 Å². The first-order valence-corrected chi connectivity index (χ1v) is 13.5. The van der Waals surface area contributed by atoms with E-state index in [9.17, 15) is 14.3 Å². The van der Waals surface area contributed by atoms with Crippen LogP contribution in [0.25, 0.3) is 22.6 Å². The highest BCUT2D eigenvalue weighted by Crippen LogP contribution is 2.27. The van der Waals surface area contributed by atoms with E-state index in [4.69, 9.17) is 9.15 Å². The van der Waals surface area contributed by atoms with Gasteiger partial charge in [-0.3, -0.25) is 14.6 Å². The lowest BCUT2D eigenvalue weighted by Gasteiger charge is -2.40. The number of carbonyl (C=O) groups excluding carboxylic acids is 1. The summed E-state index contributed by atoms with van der Waals surface area (Å²) >= 11 is 0. The minimum atomic E-state index is -0.683. The third-order valence-corrected chi connectivity index (χ3v) is 7.28. The molecule has 9 heteroatoms. The molecule has 3 aromatic carbocycles. The number of para-hydroxylation sites is 1. The molecule has 0 radical (unpaired) electrons. The lowest BCUT2D eigenvalue weighted by molar-refractivity contribution is -0.118. The minimum absolute atomic E-state index is 0.0152. The number of piperazine rings is 1. The van der Waals surface area contributed by atoms with E-state index in [-0.39, 0.29) is 24.4 Å². The average Bonchev–Trinajstić information content (AvgIpc) is 3.35. The van der Waals surface area contributed by atoms with Gasteiger partial charge in [0.1, 0.15) is 29.8 Å². The molecule has 0 unspecified atom stereocenters. The van der Waals surface area contributed by atoms with Gasteiger partial charge in [-0.1, -0.05) is 24.3 Å². The first kappa shape index (κ1) is 27.8. The molecule has 40 heavy (non-hydrogen) atoms. The van der Waals surface area contributed by atoms with E-state index in [1.54, 1.807) is 30.3 Å². The smallest absolute Gasteiger partial charge is 0.238 e. The fourth-order valence-electron chi connectivity index (χ4n) is 5.14. The van der Waals surface area contributed by atoms with Gasteiger partial charge in [0, 0.05) is 49.5 Å². The zero-order valence-electron chi connectivity index (χ0n) is 23.1. The zero-order chi connectivity index (χ0) is 28.2. The van der Waals surface area contributed by atoms with Crippen LogP contribution in [0.2, 0.25) is 0 Å². The molecule has 2 atom stereocenters. The summed E-state index contributed by atoms with van der Waals surface area (Å²) in [6, 6.07) is 17.5. The lowest BCUT2D eigenvalue weighted by Crippen LogP contribution is -2.55. The van der Waals surface area contributed by atoms with Gasteiger partial charge in [0.2, 0.25) is 11.8 Å². The Bertz CT molecular complexity index is 1470. The molecule has 0 spiro atoms. The van der Waals surface area contributed by atoms with Crippen LogP contribution in [-0.2, 0) is 4.79 Å². The monoisotopic (exact) mass is 546 g/mol. The van der Waals surface area contributed by atoms with E-state index in [0.29, 0.717) is 41.4 Å². The van der Waals surface area contributed by atoms with Gasteiger partial charge in [-0.2, -0.15) is 0 Å². The van der Waals surface area contributed by atoms with Crippen LogP contribution >= 0.6 is 0 Å². The molecule has 0 aliphatic carbocycles. The molecule has 5 rings (SSSR count). The van der Waals surface area contributed by atoms with Crippen LogP contribution in [0, 0.1) is 19.7 Å². The number of β-amino-alcohol motifs (C(OH)–C–C–N with tert-alkyl or cyclic N) is 1. The van der Waals surface area contributed by atoms with Gasteiger partial charge >= 0.3 is 0 Å². The van der Waals surface area contributed by atoms with Crippen molar-refractivity contribution < 1.29 is 23.4 Å². The summed E-state index contributed by atoms with van der Waals surface area (Å²) < 4.78 is 25.2. The second kappa shape index (κ2) is 12.2. The Morgan fingerprint density at radius 2 is 1.93 bits per heavy atom. The van der Waals surface area contributed by atoms with E-state index in [2.05, 4.69) is 27.0 Å². The highest BCUT2D eigenvalue weighted by molar-refractivity contribution is 5.93. The normalized spacial score (nSPS) is 17.2. The van der Waals surface area contributed by atoms with Crippen LogP contribution in [-0.4, -0.2) is 77.3 Å². The molecule has 2 heterocycles. The van der Waals surface area contributed by atoms with Crippen molar-refractivity contribution in [3.8, 4) is 17.2 Å². The Labute approximate surface area is 233 Å². The molecular weight excluding hydrogens is 511 g/mol. The van der Waals surface area contributed by atoms with E-state index in [1.807, 2.05) is 32.0 Å². The number of amides is 1. The highest BCUT2D eigenvalue weighted by Gasteiger charge is 2.27. The maximum Gasteiger partial charge on any atom is 0.238 e. The number of aliphatic hydroxyl groups excluding tert-OH is 1. The second-order valence-corrected chi connectivity index (χ2v) is 10.5. The third-order valence-electron chi connectivity index (χ3n) is 7.28. The highest BCUT2D eigenvalue weighted by atomic mass is 19.1. The summed E-state index contributed by atoms with van der Waals surface area (Å²) in [5, 5.41) is 13.7. The zero-order valence-corrected chi connectivity index (χ0v) is 23.1. The van der Waals surface area contributed by atoms with Crippen molar-refractivity contribution in [1.29, 1.82) is 0 Å². The molecule has 8 nitrogen and oxygen atoms in total. The molecule has 1 fully saturated rings. The third kappa shape index (κ3) is 6.67. The van der Waals surface area contributed by atoms with Gasteiger partial charge in [-0.25, -0.2) is 9.37 Å². The Kier molecular flexibility index (Phi) is 8.44. The predicted octanol–water partition coefficient (Wildman–Crippen LogP) is 4.64. The number of aryl methyl sites for hydroxylation is 2. The van der Waals surface area contributed by atoms with Crippen LogP contribution in [0.15, 0.2) is 65.1 Å². The number of hydrogen-bond donors (Lipinski definition) is 2. The van der Waals surface area contributed by atoms with Gasteiger partial charge in [-0.15, -0.1) is 0 Å². The fourth-order valence-corrected chi connectivity index (χ4v) is 5.14. The fraction of sp³-hybridized carbons (Fsp3) is 0.355. The van der Waals surface area contributed by atoms with Crippen molar-refractivity contribution in [2.45, 2.75) is 32.9 Å². The molecule has 210 valence electrons. The van der Waals surface area contributed by atoms with Crippen LogP contribution in [0.4, 0.5) is 10.1 Å². The molecule has 1 saturated heterocycles. The molecule has 1 aliphatic rings. The van der Waals surface area contributed by atoms with E-state index >= 15 is 0 Å². The molecule has 1 aromatic heterocycles. The number of anilines is 1. The molecule has 0 bridgehead atoms. The topological polar surface area (TPSA) is 91.1 Å². The number of oxazole rings is 1. The number of fused-ring (bicyclic) bond motifs is 1. The van der Waals surface area contributed by atoms with Crippen molar-refractivity contribution in [1.82, 2.24) is 14.8 Å². The van der Waals surface area contributed by atoms with E-state index in [1.165, 1.54) is 12.1 Å². The first-order valence-electron chi connectivity index (χ1n) is 13.5. The van der Waals surface area contributed by atoms with Crippen molar-refractivity contribution in [3.63, 3.8) is 0 Å². The van der Waals surface area contributed by atoms with Crippen molar-refractivity contribution in [2.75, 3.05) is 44.6 Å². The molecule has 1 aliphatic heterocycles. The number of aliphatic hydroxyl groups is 1. The van der Waals surface area contributed by atoms with Crippen molar-refractivity contribution >= 4 is 22.7 Å². The summed E-state index contributed by atoms with van der Waals surface area (Å²) in [6.07, 6.45) is -0.683. The summed E-state index contributed by atoms with van der Waals surface area (Å²) in [5.74, 6) is 0.534. The minimum Gasteiger partial charge on any atom is -0.491 e. The largest absolute Gasteiger partial charge is 0.491 e. The van der Waals surface area contributed by atoms with Crippen molar-refractivity contribution in [2.24, 2.45) is 0 Å². The SMILES string of the molecule is Cc1cccc(C)c1NC(=O)CN1CCN(C[C@@H](O)COc2ccc3oc(-c4cccc(F)c4)nc3c2)[C@H](C)C1. The maximum atomic E-state index is 13.6. The molecule has 1 amide bonds. The lowest BCUT2D eigenvalue weighted by atomic mass is 10.1. The number of hydrogen-bond acceptors (Lipinski definition) is 7. The number of ether oxygens (including phenoxy) is 1. The number of benzene rings is 3. The maximum absolute atomic E-state index is 13.6. The van der Waals surface area contributed by atoms with Crippen molar-refractivity contribution in [3.05, 3.63) is 77.6 Å². The van der Waals surface area contributed by atoms with Crippen LogP contribution in [0.5, 0.6) is 5.75 Å². The molecule has 0 saturated carbocycles. The first-order chi connectivity index (χ1) is 19.2. The molecule has 4 aromatic rings. The number of nitrogens with one attached hydrogen (secondary N) is 1. The standard InChI is InChI=1S/C31H35FN4O4/c1-20-6-4-7-21(2)30(20)34-29(38)18-35-12-13-36(22(3)16-35)17-25(37)19-39-26-10-11-28-27(15-26)33-31(40-28)23-8-5-9-24(32)14-23/h4-11,14-15,22,25,37H,12-13,16-19H2,1-3H3,(H,34,38)/t22-,25-/m1/s1. The predicted molar refractivity (Wildman–Crippen MR) is 153 cm³/mol. The quantitative estimate of drug-likeness (QED) is 0.316. The van der Waals surface area contributed by atoms with Gasteiger partial charge in [0.05, 0.1) is 6.54 Å². The van der Waals surface area contributed by atoms with Crippen LogP contribution < -0.4 is 10.1 Å². The van der Waals surface area contributed by atoms with E-state index in [0.717, 1.165) is 36.4 Å². The van der Waals surface area contributed by atoms with Crippen LogP contribution in [0.3, 0.4) is 0 Å². The Hall–Kier alpha value is -3.79. The number of rotatable bonds is 9. The van der Waals surface area contributed by atoms with Gasteiger partial charge in [0.15, 0.2) is 5.58 Å². The van der Waals surface area contributed by atoms with E-state index < -0.39 is 6.10 Å². The summed E-state index contributed by atoms with van der Waals surface area (Å²) in [7, 11) is 0. The number of halogens is 1.